The molecule has 0 atom stereocenters. The molecule has 0 aliphatic heterocycles. The van der Waals surface area contributed by atoms with Crippen LogP contribution in [-0.2, 0) is 5.41 Å². The lowest BCUT2D eigenvalue weighted by atomic mass is 9.76. The Kier molecular flexibility index (Phi) is 2.89. The molecule has 0 spiro atoms. The van der Waals surface area contributed by atoms with Gasteiger partial charge in [0.1, 0.15) is 0 Å². The van der Waals surface area contributed by atoms with Gasteiger partial charge in [0.05, 0.1) is 0 Å². The first-order valence-corrected chi connectivity index (χ1v) is 7.90. The summed E-state index contributed by atoms with van der Waals surface area (Å²) in [5, 5.41) is 0. The molecule has 0 heterocycles. The van der Waals surface area contributed by atoms with Crippen LogP contribution in [0.1, 0.15) is 58.4 Å². The second kappa shape index (κ2) is 4.22. The van der Waals surface area contributed by atoms with Gasteiger partial charge in [-0.3, -0.25) is 0 Å². The molecule has 3 rings (SSSR count). The van der Waals surface area contributed by atoms with Crippen molar-refractivity contribution in [2.24, 2.45) is 0 Å². The van der Waals surface area contributed by atoms with E-state index in [4.69, 9.17) is 0 Å². The summed E-state index contributed by atoms with van der Waals surface area (Å²) in [6.07, 6.45) is 0. The van der Waals surface area contributed by atoms with E-state index >= 15 is 0 Å². The molecule has 110 valence electrons. The minimum Gasteiger partial charge on any atom is -0.0516 e. The Labute approximate surface area is 129 Å². The molecule has 0 fully saturated rings. The van der Waals surface area contributed by atoms with Crippen LogP contribution in [-0.4, -0.2) is 0 Å². The van der Waals surface area contributed by atoms with E-state index in [9.17, 15) is 0 Å². The lowest BCUT2D eigenvalue weighted by molar-refractivity contribution is 0.649. The lowest BCUT2D eigenvalue weighted by Gasteiger charge is -2.27. The number of fused-ring (bicyclic) bond motifs is 3. The molecule has 0 saturated carbocycles. The van der Waals surface area contributed by atoms with E-state index in [2.05, 4.69) is 67.5 Å². The highest BCUT2D eigenvalue weighted by atomic mass is 14.4. The van der Waals surface area contributed by atoms with Crippen molar-refractivity contribution in [1.29, 1.82) is 0 Å². The molecule has 0 N–H and O–H groups in total. The highest BCUT2D eigenvalue weighted by molar-refractivity contribution is 5.85. The molecule has 0 unspecified atom stereocenters. The van der Waals surface area contributed by atoms with Crippen molar-refractivity contribution in [3.05, 3.63) is 56.6 Å². The van der Waals surface area contributed by atoms with Crippen LogP contribution in [0.3, 0.4) is 0 Å². The fourth-order valence-electron chi connectivity index (χ4n) is 4.33. The molecule has 0 saturated heterocycles. The summed E-state index contributed by atoms with van der Waals surface area (Å²) < 4.78 is 0. The van der Waals surface area contributed by atoms with Crippen molar-refractivity contribution in [3.8, 4) is 11.1 Å². The van der Waals surface area contributed by atoms with E-state index in [1.54, 1.807) is 0 Å². The highest BCUT2D eigenvalue weighted by Crippen LogP contribution is 2.53. The first kappa shape index (κ1) is 14.4. The molecule has 0 bridgehead atoms. The van der Waals surface area contributed by atoms with Crippen LogP contribution in [0.2, 0.25) is 0 Å². The van der Waals surface area contributed by atoms with E-state index in [0.29, 0.717) is 0 Å². The summed E-state index contributed by atoms with van der Waals surface area (Å²) in [6.45, 7) is 18.4. The largest absolute Gasteiger partial charge is 0.0516 e. The Morgan fingerprint density at radius 3 is 1.24 bits per heavy atom. The van der Waals surface area contributed by atoms with Gasteiger partial charge in [-0.2, -0.15) is 0 Å². The number of benzene rings is 2. The second-order valence-corrected chi connectivity index (χ2v) is 7.36. The monoisotopic (exact) mass is 278 g/mol. The number of aryl methyl sites for hydroxylation is 2. The standard InChI is InChI=1S/C21H26/c1-11-9-17-18-10-12(2)14(4)16(6)20(18)21(7,8)19(17)15(5)13(11)3/h9-10H,1-8H3. The van der Waals surface area contributed by atoms with Crippen molar-refractivity contribution in [2.45, 2.75) is 60.8 Å². The summed E-state index contributed by atoms with van der Waals surface area (Å²) >= 11 is 0. The Morgan fingerprint density at radius 1 is 0.571 bits per heavy atom. The van der Waals surface area contributed by atoms with Crippen LogP contribution in [0.25, 0.3) is 11.1 Å². The quantitative estimate of drug-likeness (QED) is 0.567. The van der Waals surface area contributed by atoms with Gasteiger partial charge in [0, 0.05) is 5.41 Å². The molecule has 0 amide bonds. The average Bonchev–Trinajstić information content (AvgIpc) is 2.61. The van der Waals surface area contributed by atoms with Crippen LogP contribution < -0.4 is 0 Å². The van der Waals surface area contributed by atoms with E-state index in [1.807, 2.05) is 0 Å². The first-order chi connectivity index (χ1) is 9.67. The molecule has 0 nitrogen and oxygen atoms in total. The smallest absolute Gasteiger partial charge is 0.0164 e. The highest BCUT2D eigenvalue weighted by Gasteiger charge is 2.39. The lowest BCUT2D eigenvalue weighted by Crippen LogP contribution is -2.19. The molecule has 1 aliphatic rings. The van der Waals surface area contributed by atoms with Crippen LogP contribution in [0.4, 0.5) is 0 Å². The molecule has 2 aromatic carbocycles. The van der Waals surface area contributed by atoms with Crippen LogP contribution in [0, 0.1) is 41.5 Å². The molecule has 1 aliphatic carbocycles. The molecule has 21 heavy (non-hydrogen) atoms. The Hall–Kier alpha value is -1.56. The van der Waals surface area contributed by atoms with Crippen molar-refractivity contribution in [2.75, 3.05) is 0 Å². The molecule has 0 aromatic heterocycles. The van der Waals surface area contributed by atoms with E-state index in [0.717, 1.165) is 0 Å². The molecular weight excluding hydrogens is 252 g/mol. The van der Waals surface area contributed by atoms with Gasteiger partial charge in [-0.05, 0) is 97.2 Å². The van der Waals surface area contributed by atoms with E-state index in [-0.39, 0.29) is 5.41 Å². The number of hydrogen-bond donors (Lipinski definition) is 0. The fourth-order valence-corrected chi connectivity index (χ4v) is 4.33. The average molecular weight is 278 g/mol. The maximum atomic E-state index is 2.40. The molecule has 0 heteroatoms. The van der Waals surface area contributed by atoms with Crippen molar-refractivity contribution < 1.29 is 0 Å². The Morgan fingerprint density at radius 2 is 0.905 bits per heavy atom. The number of rotatable bonds is 0. The van der Waals surface area contributed by atoms with E-state index < -0.39 is 0 Å². The van der Waals surface area contributed by atoms with Crippen molar-refractivity contribution in [3.63, 3.8) is 0 Å². The first-order valence-electron chi connectivity index (χ1n) is 7.90. The van der Waals surface area contributed by atoms with Gasteiger partial charge < -0.3 is 0 Å². The summed E-state index contributed by atoms with van der Waals surface area (Å²) in [7, 11) is 0. The van der Waals surface area contributed by atoms with Gasteiger partial charge in [-0.1, -0.05) is 26.0 Å². The van der Waals surface area contributed by atoms with Crippen LogP contribution >= 0.6 is 0 Å². The van der Waals surface area contributed by atoms with Gasteiger partial charge in [-0.15, -0.1) is 0 Å². The minimum atomic E-state index is 0.107. The van der Waals surface area contributed by atoms with Crippen LogP contribution in [0.5, 0.6) is 0 Å². The predicted molar refractivity (Wildman–Crippen MR) is 92.4 cm³/mol. The van der Waals surface area contributed by atoms with Gasteiger partial charge in [0.2, 0.25) is 0 Å². The SMILES string of the molecule is Cc1cc2c(c(C)c1C)C(C)(C)c1c-2cc(C)c(C)c1C. The summed E-state index contributed by atoms with van der Waals surface area (Å²) in [5.74, 6) is 0. The summed E-state index contributed by atoms with van der Waals surface area (Å²) in [5.41, 5.74) is 14.8. The summed E-state index contributed by atoms with van der Waals surface area (Å²) in [6, 6.07) is 4.80. The minimum absolute atomic E-state index is 0.107. The van der Waals surface area contributed by atoms with Gasteiger partial charge in [0.15, 0.2) is 0 Å². The topological polar surface area (TPSA) is 0 Å². The third kappa shape index (κ3) is 1.68. The van der Waals surface area contributed by atoms with Gasteiger partial charge in [-0.25, -0.2) is 0 Å². The van der Waals surface area contributed by atoms with Crippen LogP contribution in [0.15, 0.2) is 12.1 Å². The third-order valence-electron chi connectivity index (χ3n) is 5.86. The molecular formula is C21H26. The van der Waals surface area contributed by atoms with Crippen molar-refractivity contribution >= 4 is 0 Å². The third-order valence-corrected chi connectivity index (χ3v) is 5.86. The normalized spacial score (nSPS) is 15.0. The summed E-state index contributed by atoms with van der Waals surface area (Å²) in [4.78, 5) is 0. The van der Waals surface area contributed by atoms with E-state index in [1.165, 1.54) is 55.6 Å². The van der Waals surface area contributed by atoms with Gasteiger partial charge >= 0.3 is 0 Å². The zero-order valence-corrected chi connectivity index (χ0v) is 14.7. The molecule has 2 aromatic rings. The zero-order chi connectivity index (χ0) is 15.7. The fraction of sp³-hybridized carbons (Fsp3) is 0.429. The number of hydrogen-bond acceptors (Lipinski definition) is 0. The second-order valence-electron chi connectivity index (χ2n) is 7.36. The van der Waals surface area contributed by atoms with Gasteiger partial charge in [0.25, 0.3) is 0 Å². The zero-order valence-electron chi connectivity index (χ0n) is 14.7. The molecule has 0 radical (unpaired) electrons. The Bertz CT molecular complexity index is 708. The van der Waals surface area contributed by atoms with Crippen molar-refractivity contribution in [1.82, 2.24) is 0 Å². The predicted octanol–water partition coefficient (Wildman–Crippen LogP) is 5.84. The Balaban J connectivity index is 2.51. The maximum absolute atomic E-state index is 2.40. The maximum Gasteiger partial charge on any atom is 0.0164 e.